The van der Waals surface area contributed by atoms with E-state index in [1.54, 1.807) is 6.08 Å². The summed E-state index contributed by atoms with van der Waals surface area (Å²) in [4.78, 5) is 24.6. The third-order valence-electron chi connectivity index (χ3n) is 20.3. The number of hydrogen-bond donors (Lipinski definition) is 3. The summed E-state index contributed by atoms with van der Waals surface area (Å²) >= 11 is 0. The van der Waals surface area contributed by atoms with Crippen LogP contribution in [0.15, 0.2) is 12.2 Å². The number of carbonyl (C=O) groups is 2. The largest absolute Gasteiger partial charge is 0.466 e. The van der Waals surface area contributed by atoms with Gasteiger partial charge in [0.15, 0.2) is 0 Å². The molecule has 0 fully saturated rings. The van der Waals surface area contributed by atoms with Crippen LogP contribution < -0.4 is 5.32 Å². The molecule has 2 unspecified atom stereocenters. The van der Waals surface area contributed by atoms with Gasteiger partial charge < -0.3 is 20.3 Å². The Hall–Kier alpha value is -1.40. The first-order chi connectivity index (χ1) is 45.0. The molecule has 0 saturated heterocycles. The molecule has 0 aromatic heterocycles. The Labute approximate surface area is 571 Å². The fourth-order valence-corrected chi connectivity index (χ4v) is 13.9. The number of carbonyl (C=O) groups excluding carboxylic acids is 2. The lowest BCUT2D eigenvalue weighted by atomic mass is 10.0. The number of esters is 1. The standard InChI is InChI=1S/C85H167NO5/c1-3-5-7-9-11-13-15-17-18-19-20-21-41-44-47-50-54-57-61-65-69-73-77-83(88)82(81-87)86-84(89)78-74-70-66-62-58-55-51-48-45-42-39-37-35-33-31-29-27-25-23-22-24-26-28-30-32-34-36-38-40-43-46-49-52-56-60-64-68-72-76-80-91-85(90)79-75-71-67-63-59-53-16-14-12-10-8-6-4-2/h73,77,82-83,87-88H,3-72,74-76,78-81H2,1-2H3,(H,86,89)/b77-73+. The van der Waals surface area contributed by atoms with E-state index in [4.69, 9.17) is 4.74 Å². The second-order valence-electron chi connectivity index (χ2n) is 29.5. The lowest BCUT2D eigenvalue weighted by Crippen LogP contribution is -2.45. The van der Waals surface area contributed by atoms with Crippen molar-refractivity contribution < 1.29 is 24.5 Å². The maximum Gasteiger partial charge on any atom is 0.305 e. The van der Waals surface area contributed by atoms with Crippen molar-refractivity contribution in [2.75, 3.05) is 13.2 Å². The van der Waals surface area contributed by atoms with Crippen LogP contribution in [-0.2, 0) is 14.3 Å². The molecule has 0 aliphatic carbocycles. The monoisotopic (exact) mass is 1280 g/mol. The van der Waals surface area contributed by atoms with E-state index < -0.39 is 12.1 Å². The molecule has 542 valence electrons. The Kier molecular flexibility index (Phi) is 79.8. The van der Waals surface area contributed by atoms with Crippen LogP contribution >= 0.6 is 0 Å². The van der Waals surface area contributed by atoms with E-state index in [1.807, 2.05) is 6.08 Å². The summed E-state index contributed by atoms with van der Waals surface area (Å²) in [6.45, 7) is 4.97. The van der Waals surface area contributed by atoms with E-state index in [0.29, 0.717) is 19.4 Å². The molecule has 0 spiro atoms. The molecular formula is C85H167NO5. The molecule has 6 heteroatoms. The second-order valence-corrected chi connectivity index (χ2v) is 29.5. The maximum absolute atomic E-state index is 12.6. The minimum Gasteiger partial charge on any atom is -0.466 e. The van der Waals surface area contributed by atoms with Gasteiger partial charge in [-0.2, -0.15) is 0 Å². The molecule has 0 aliphatic rings. The van der Waals surface area contributed by atoms with Gasteiger partial charge in [-0.25, -0.2) is 0 Å². The lowest BCUT2D eigenvalue weighted by Gasteiger charge is -2.20. The molecule has 0 aliphatic heterocycles. The van der Waals surface area contributed by atoms with Crippen LogP contribution in [0.25, 0.3) is 0 Å². The average molecular weight is 1280 g/mol. The number of allylic oxidation sites excluding steroid dienone is 1. The first kappa shape index (κ1) is 89.6. The minimum absolute atomic E-state index is 0.0267. The van der Waals surface area contributed by atoms with Crippen molar-refractivity contribution >= 4 is 11.9 Å². The molecular weight excluding hydrogens is 1110 g/mol. The van der Waals surface area contributed by atoms with Gasteiger partial charge in [-0.05, 0) is 32.1 Å². The predicted molar refractivity (Wildman–Crippen MR) is 403 cm³/mol. The van der Waals surface area contributed by atoms with Crippen LogP contribution in [0.5, 0.6) is 0 Å². The number of aliphatic hydroxyl groups excluding tert-OH is 2. The molecule has 0 bridgehead atoms. The van der Waals surface area contributed by atoms with Gasteiger partial charge >= 0.3 is 5.97 Å². The zero-order chi connectivity index (χ0) is 65.6. The van der Waals surface area contributed by atoms with Crippen LogP contribution in [0, 0.1) is 0 Å². The molecule has 2 atom stereocenters. The summed E-state index contributed by atoms with van der Waals surface area (Å²) in [6.07, 6.45) is 104. The summed E-state index contributed by atoms with van der Waals surface area (Å²) in [5.74, 6) is -0.0295. The van der Waals surface area contributed by atoms with Crippen molar-refractivity contribution in [3.8, 4) is 0 Å². The fraction of sp³-hybridized carbons (Fsp3) is 0.953. The van der Waals surface area contributed by atoms with E-state index in [2.05, 4.69) is 19.2 Å². The van der Waals surface area contributed by atoms with E-state index in [-0.39, 0.29) is 18.5 Å². The first-order valence-corrected chi connectivity index (χ1v) is 42.5. The molecule has 91 heavy (non-hydrogen) atoms. The molecule has 0 saturated carbocycles. The highest BCUT2D eigenvalue weighted by atomic mass is 16.5. The second kappa shape index (κ2) is 81.0. The zero-order valence-electron chi connectivity index (χ0n) is 62.4. The van der Waals surface area contributed by atoms with Gasteiger partial charge in [-0.15, -0.1) is 0 Å². The van der Waals surface area contributed by atoms with Crippen molar-refractivity contribution in [2.45, 2.75) is 508 Å². The number of amides is 1. The molecule has 0 aromatic rings. The molecule has 6 nitrogen and oxygen atoms in total. The van der Waals surface area contributed by atoms with Crippen molar-refractivity contribution in [2.24, 2.45) is 0 Å². The number of unbranched alkanes of at least 4 members (excludes halogenated alkanes) is 70. The third-order valence-corrected chi connectivity index (χ3v) is 20.3. The SMILES string of the molecule is CCCCCCCCCCCCCCCCCCCCCC/C=C/C(O)C(CO)NC(=O)CCCCCCCCCCCCCCCCCCCCCCCCCCCCCCCCCCCCCCCCCOC(=O)CCCCCCCCCCCCCCC. The first-order valence-electron chi connectivity index (χ1n) is 42.5. The topological polar surface area (TPSA) is 95.9 Å². The van der Waals surface area contributed by atoms with Crippen LogP contribution in [0.1, 0.15) is 495 Å². The molecule has 3 N–H and O–H groups in total. The fourth-order valence-electron chi connectivity index (χ4n) is 13.9. The van der Waals surface area contributed by atoms with E-state index in [9.17, 15) is 19.8 Å². The van der Waals surface area contributed by atoms with E-state index in [1.165, 1.54) is 430 Å². The van der Waals surface area contributed by atoms with Gasteiger partial charge in [0.1, 0.15) is 0 Å². The number of aliphatic hydroxyl groups is 2. The van der Waals surface area contributed by atoms with Crippen molar-refractivity contribution in [1.29, 1.82) is 0 Å². The van der Waals surface area contributed by atoms with Gasteiger partial charge in [0, 0.05) is 12.8 Å². The smallest absolute Gasteiger partial charge is 0.305 e. The molecule has 1 amide bonds. The van der Waals surface area contributed by atoms with Gasteiger partial charge in [-0.1, -0.05) is 463 Å². The number of hydrogen-bond acceptors (Lipinski definition) is 5. The molecule has 0 aromatic carbocycles. The lowest BCUT2D eigenvalue weighted by molar-refractivity contribution is -0.143. The van der Waals surface area contributed by atoms with Gasteiger partial charge in [0.25, 0.3) is 0 Å². The van der Waals surface area contributed by atoms with Gasteiger partial charge in [0.05, 0.1) is 25.4 Å². The predicted octanol–water partition coefficient (Wildman–Crippen LogP) is 28.2. The highest BCUT2D eigenvalue weighted by Gasteiger charge is 2.18. The average Bonchev–Trinajstić information content (AvgIpc) is 3.75. The summed E-state index contributed by atoms with van der Waals surface area (Å²) < 4.78 is 5.50. The summed E-state index contributed by atoms with van der Waals surface area (Å²) in [5.41, 5.74) is 0. The van der Waals surface area contributed by atoms with E-state index >= 15 is 0 Å². The normalized spacial score (nSPS) is 12.4. The zero-order valence-corrected chi connectivity index (χ0v) is 62.4. The highest BCUT2D eigenvalue weighted by Crippen LogP contribution is 2.21. The van der Waals surface area contributed by atoms with Gasteiger partial charge in [0.2, 0.25) is 5.91 Å². The molecule has 0 heterocycles. The van der Waals surface area contributed by atoms with Crippen molar-refractivity contribution in [3.05, 3.63) is 12.2 Å². The van der Waals surface area contributed by atoms with Crippen LogP contribution in [0.2, 0.25) is 0 Å². The number of rotatable bonds is 81. The quantitative estimate of drug-likeness (QED) is 0.0320. The van der Waals surface area contributed by atoms with Crippen LogP contribution in [0.3, 0.4) is 0 Å². The Balaban J connectivity index is 3.31. The number of ether oxygens (including phenoxy) is 1. The van der Waals surface area contributed by atoms with E-state index in [0.717, 1.165) is 38.5 Å². The van der Waals surface area contributed by atoms with Crippen molar-refractivity contribution in [3.63, 3.8) is 0 Å². The summed E-state index contributed by atoms with van der Waals surface area (Å²) in [5, 5.41) is 23.3. The Morgan fingerprint density at radius 2 is 0.505 bits per heavy atom. The van der Waals surface area contributed by atoms with Gasteiger partial charge in [-0.3, -0.25) is 9.59 Å². The highest BCUT2D eigenvalue weighted by molar-refractivity contribution is 5.76. The Morgan fingerprint density at radius 3 is 0.747 bits per heavy atom. The maximum atomic E-state index is 12.6. The third kappa shape index (κ3) is 77.5. The molecule has 0 radical (unpaired) electrons. The minimum atomic E-state index is -0.841. The van der Waals surface area contributed by atoms with Crippen LogP contribution in [-0.4, -0.2) is 47.4 Å². The Morgan fingerprint density at radius 1 is 0.297 bits per heavy atom. The summed E-state index contributed by atoms with van der Waals surface area (Å²) in [7, 11) is 0. The number of nitrogens with one attached hydrogen (secondary N) is 1. The molecule has 0 rings (SSSR count). The van der Waals surface area contributed by atoms with Crippen LogP contribution in [0.4, 0.5) is 0 Å². The van der Waals surface area contributed by atoms with Crippen molar-refractivity contribution in [1.82, 2.24) is 5.32 Å². The summed E-state index contributed by atoms with van der Waals surface area (Å²) in [6, 6.07) is -0.624. The Bertz CT molecular complexity index is 1380.